The molecule has 1 amide bonds. The second-order valence-corrected chi connectivity index (χ2v) is 6.97. The molecule has 0 saturated heterocycles. The minimum absolute atomic E-state index is 0.0161. The highest BCUT2D eigenvalue weighted by Crippen LogP contribution is 2.17. The number of aromatic nitrogens is 2. The van der Waals surface area contributed by atoms with E-state index in [2.05, 4.69) is 15.3 Å². The number of amides is 1. The summed E-state index contributed by atoms with van der Waals surface area (Å²) >= 11 is 1.05. The van der Waals surface area contributed by atoms with Crippen LogP contribution in [-0.2, 0) is 14.8 Å². The maximum absolute atomic E-state index is 11.9. The number of carbonyl (C=O) groups excluding carboxylic acids is 1. The zero-order valence-corrected chi connectivity index (χ0v) is 13.8. The molecule has 0 bridgehead atoms. The maximum atomic E-state index is 11.9. The second-order valence-electron chi connectivity index (χ2n) is 4.47. The van der Waals surface area contributed by atoms with Gasteiger partial charge in [-0.1, -0.05) is 11.8 Å². The lowest BCUT2D eigenvalue weighted by Crippen LogP contribution is -2.15. The summed E-state index contributed by atoms with van der Waals surface area (Å²) in [5.41, 5.74) is 6.15. The number of anilines is 2. The van der Waals surface area contributed by atoms with Crippen LogP contribution in [0.1, 0.15) is 5.56 Å². The number of benzene rings is 1. The van der Waals surface area contributed by atoms with Crippen molar-refractivity contribution in [3.8, 4) is 6.07 Å². The summed E-state index contributed by atoms with van der Waals surface area (Å²) in [5, 5.41) is 16.6. The first-order valence-corrected chi connectivity index (χ1v) is 8.91. The Hall–Kier alpha value is -2.68. The number of carbonyl (C=O) groups is 1. The van der Waals surface area contributed by atoms with Gasteiger partial charge >= 0.3 is 0 Å². The van der Waals surface area contributed by atoms with E-state index in [0.717, 1.165) is 11.8 Å². The molecule has 5 N–H and O–H groups in total. The van der Waals surface area contributed by atoms with E-state index in [1.807, 2.05) is 6.07 Å². The van der Waals surface area contributed by atoms with Crippen LogP contribution in [0.2, 0.25) is 0 Å². The standard InChI is InChI=1S/C13H12N6O3S2/c14-5-8-6-17-13(19-12(8)15)23-7-11(20)18-9-1-3-10(4-2-9)24(16,21)22/h1-4,6H,7H2,(H,18,20)(H2,15,17,19)(H2,16,21,22). The van der Waals surface area contributed by atoms with Crippen molar-refractivity contribution in [2.75, 3.05) is 16.8 Å². The van der Waals surface area contributed by atoms with E-state index in [-0.39, 0.29) is 33.1 Å². The van der Waals surface area contributed by atoms with E-state index in [0.29, 0.717) is 5.69 Å². The van der Waals surface area contributed by atoms with Crippen LogP contribution in [0.3, 0.4) is 0 Å². The van der Waals surface area contributed by atoms with Gasteiger partial charge in [-0.2, -0.15) is 5.26 Å². The summed E-state index contributed by atoms with van der Waals surface area (Å²) < 4.78 is 22.3. The quantitative estimate of drug-likeness (QED) is 0.503. The first-order valence-electron chi connectivity index (χ1n) is 6.37. The predicted molar refractivity (Wildman–Crippen MR) is 88.3 cm³/mol. The molecule has 1 aromatic heterocycles. The molecule has 24 heavy (non-hydrogen) atoms. The molecule has 1 heterocycles. The maximum Gasteiger partial charge on any atom is 0.238 e. The highest BCUT2D eigenvalue weighted by molar-refractivity contribution is 7.99. The van der Waals surface area contributed by atoms with Gasteiger partial charge in [0.2, 0.25) is 15.9 Å². The Labute approximate surface area is 142 Å². The van der Waals surface area contributed by atoms with Gasteiger partial charge in [-0.25, -0.2) is 23.5 Å². The van der Waals surface area contributed by atoms with Gasteiger partial charge in [-0.15, -0.1) is 0 Å². The molecule has 0 fully saturated rings. The number of sulfonamides is 1. The van der Waals surface area contributed by atoms with E-state index in [4.69, 9.17) is 16.1 Å². The van der Waals surface area contributed by atoms with Crippen molar-refractivity contribution < 1.29 is 13.2 Å². The summed E-state index contributed by atoms with van der Waals surface area (Å²) in [6.45, 7) is 0. The Balaban J connectivity index is 1.94. The fourth-order valence-corrected chi connectivity index (χ4v) is 2.73. The third-order valence-electron chi connectivity index (χ3n) is 2.72. The number of nitrogens with zero attached hydrogens (tertiary/aromatic N) is 3. The van der Waals surface area contributed by atoms with Crippen molar-refractivity contribution in [3.63, 3.8) is 0 Å². The fourth-order valence-electron chi connectivity index (χ4n) is 1.59. The van der Waals surface area contributed by atoms with Gasteiger partial charge in [-0.05, 0) is 24.3 Å². The molecule has 124 valence electrons. The average molecular weight is 364 g/mol. The SMILES string of the molecule is N#Cc1cnc(SCC(=O)Nc2ccc(S(N)(=O)=O)cc2)nc1N. The number of nitrogens with one attached hydrogen (secondary N) is 1. The van der Waals surface area contributed by atoms with Crippen molar-refractivity contribution in [2.24, 2.45) is 5.14 Å². The lowest BCUT2D eigenvalue weighted by atomic mass is 10.3. The summed E-state index contributed by atoms with van der Waals surface area (Å²) in [5.74, 6) is -0.272. The Morgan fingerprint density at radius 3 is 2.54 bits per heavy atom. The van der Waals surface area contributed by atoms with Gasteiger partial charge in [0.1, 0.15) is 17.5 Å². The van der Waals surface area contributed by atoms with Crippen molar-refractivity contribution in [2.45, 2.75) is 10.1 Å². The van der Waals surface area contributed by atoms with Gasteiger partial charge in [0.25, 0.3) is 0 Å². The Bertz CT molecular complexity index is 906. The lowest BCUT2D eigenvalue weighted by molar-refractivity contribution is -0.113. The van der Waals surface area contributed by atoms with E-state index in [1.165, 1.54) is 30.5 Å². The highest BCUT2D eigenvalue weighted by atomic mass is 32.2. The van der Waals surface area contributed by atoms with E-state index in [1.54, 1.807) is 0 Å². The third kappa shape index (κ3) is 4.66. The van der Waals surface area contributed by atoms with Crippen LogP contribution >= 0.6 is 11.8 Å². The Morgan fingerprint density at radius 1 is 1.33 bits per heavy atom. The molecule has 11 heteroatoms. The molecule has 2 rings (SSSR count). The number of thioether (sulfide) groups is 1. The third-order valence-corrected chi connectivity index (χ3v) is 4.51. The smallest absolute Gasteiger partial charge is 0.238 e. The summed E-state index contributed by atoms with van der Waals surface area (Å²) in [6, 6.07) is 7.29. The molecular formula is C13H12N6O3S2. The van der Waals surface area contributed by atoms with Crippen LogP contribution in [0.25, 0.3) is 0 Å². The van der Waals surface area contributed by atoms with E-state index >= 15 is 0 Å². The number of hydrogen-bond donors (Lipinski definition) is 3. The first-order chi connectivity index (χ1) is 11.3. The molecule has 1 aromatic carbocycles. The van der Waals surface area contributed by atoms with Crippen molar-refractivity contribution in [1.29, 1.82) is 5.26 Å². The number of nitrogens with two attached hydrogens (primary N) is 2. The molecule has 0 unspecified atom stereocenters. The summed E-state index contributed by atoms with van der Waals surface area (Å²) in [7, 11) is -3.77. The number of rotatable bonds is 5. The molecule has 0 spiro atoms. The highest BCUT2D eigenvalue weighted by Gasteiger charge is 2.10. The minimum Gasteiger partial charge on any atom is -0.382 e. The number of hydrogen-bond acceptors (Lipinski definition) is 8. The zero-order valence-electron chi connectivity index (χ0n) is 12.1. The van der Waals surface area contributed by atoms with Crippen LogP contribution in [-0.4, -0.2) is 30.0 Å². The number of nitriles is 1. The molecule has 2 aromatic rings. The molecule has 0 aliphatic rings. The van der Waals surface area contributed by atoms with Crippen molar-refractivity contribution >= 4 is 39.2 Å². The molecule has 0 radical (unpaired) electrons. The van der Waals surface area contributed by atoms with Crippen LogP contribution in [0.5, 0.6) is 0 Å². The van der Waals surface area contributed by atoms with Crippen LogP contribution in [0.15, 0.2) is 40.5 Å². The fraction of sp³-hybridized carbons (Fsp3) is 0.0769. The summed E-state index contributed by atoms with van der Waals surface area (Å²) in [4.78, 5) is 19.6. The van der Waals surface area contributed by atoms with E-state index in [9.17, 15) is 13.2 Å². The van der Waals surface area contributed by atoms with Crippen LogP contribution in [0.4, 0.5) is 11.5 Å². The largest absolute Gasteiger partial charge is 0.382 e. The first kappa shape index (κ1) is 17.7. The zero-order chi connectivity index (χ0) is 17.7. The molecule has 0 aliphatic carbocycles. The van der Waals surface area contributed by atoms with Gasteiger partial charge in [0.05, 0.1) is 16.8 Å². The van der Waals surface area contributed by atoms with Gasteiger partial charge < -0.3 is 11.1 Å². The molecule has 0 atom stereocenters. The minimum atomic E-state index is -3.77. The summed E-state index contributed by atoms with van der Waals surface area (Å²) in [6.07, 6.45) is 1.29. The van der Waals surface area contributed by atoms with Gasteiger partial charge in [0.15, 0.2) is 5.16 Å². The molecule has 0 aliphatic heterocycles. The Morgan fingerprint density at radius 2 is 2.00 bits per heavy atom. The number of nitrogen functional groups attached to an aromatic ring is 1. The lowest BCUT2D eigenvalue weighted by Gasteiger charge is -2.06. The average Bonchev–Trinajstić information content (AvgIpc) is 2.53. The monoisotopic (exact) mass is 364 g/mol. The molecule has 9 nitrogen and oxygen atoms in total. The van der Waals surface area contributed by atoms with Gasteiger partial charge in [0, 0.05) is 5.69 Å². The topological polar surface area (TPSA) is 165 Å². The van der Waals surface area contributed by atoms with Crippen LogP contribution in [0, 0.1) is 11.3 Å². The van der Waals surface area contributed by atoms with Crippen LogP contribution < -0.4 is 16.2 Å². The predicted octanol–water partition coefficient (Wildman–Crippen LogP) is 0.309. The second kappa shape index (κ2) is 7.26. The normalized spacial score (nSPS) is 10.8. The van der Waals surface area contributed by atoms with Gasteiger partial charge in [-0.3, -0.25) is 4.79 Å². The molecule has 0 saturated carbocycles. The Kier molecular flexibility index (Phi) is 5.35. The van der Waals surface area contributed by atoms with Crippen molar-refractivity contribution in [1.82, 2.24) is 9.97 Å². The number of primary sulfonamides is 1. The molecular weight excluding hydrogens is 352 g/mol. The van der Waals surface area contributed by atoms with E-state index < -0.39 is 10.0 Å². The van der Waals surface area contributed by atoms with Crippen molar-refractivity contribution in [3.05, 3.63) is 36.0 Å².